The van der Waals surface area contributed by atoms with Crippen molar-refractivity contribution in [1.82, 2.24) is 4.90 Å². The van der Waals surface area contributed by atoms with E-state index in [2.05, 4.69) is 0 Å². The van der Waals surface area contributed by atoms with E-state index in [1.807, 2.05) is 53.4 Å². The Morgan fingerprint density at radius 1 is 1.04 bits per heavy atom. The van der Waals surface area contributed by atoms with Gasteiger partial charge in [0.25, 0.3) is 5.91 Å². The van der Waals surface area contributed by atoms with Crippen molar-refractivity contribution in [1.29, 1.82) is 0 Å². The summed E-state index contributed by atoms with van der Waals surface area (Å²) < 4.78 is 0. The second-order valence-corrected chi connectivity index (χ2v) is 6.58. The molecular weight excluding hydrogens is 314 g/mol. The fourth-order valence-electron chi connectivity index (χ4n) is 3.45. The minimum absolute atomic E-state index is 0.00231. The van der Waals surface area contributed by atoms with Gasteiger partial charge in [-0.2, -0.15) is 0 Å². The maximum Gasteiger partial charge on any atom is 0.254 e. The van der Waals surface area contributed by atoms with Gasteiger partial charge >= 0.3 is 0 Å². The monoisotopic (exact) mass is 339 g/mol. The molecule has 1 aliphatic heterocycles. The Bertz CT molecular complexity index is 711. The first-order valence-corrected chi connectivity index (χ1v) is 8.95. The van der Waals surface area contributed by atoms with Crippen LogP contribution in [0.15, 0.2) is 48.5 Å². The molecule has 4 nitrogen and oxygen atoms in total. The van der Waals surface area contributed by atoms with Crippen molar-refractivity contribution in [2.75, 3.05) is 19.8 Å². The van der Waals surface area contributed by atoms with Crippen LogP contribution in [-0.4, -0.2) is 46.8 Å². The van der Waals surface area contributed by atoms with E-state index in [0.717, 1.165) is 36.0 Å². The van der Waals surface area contributed by atoms with Crippen molar-refractivity contribution in [2.45, 2.75) is 31.7 Å². The number of aliphatic hydroxyl groups excluding tert-OH is 2. The normalized spacial score (nSPS) is 17.5. The topological polar surface area (TPSA) is 60.8 Å². The Balaban J connectivity index is 1.82. The highest BCUT2D eigenvalue weighted by Crippen LogP contribution is 2.24. The van der Waals surface area contributed by atoms with E-state index >= 15 is 0 Å². The average molecular weight is 339 g/mol. The van der Waals surface area contributed by atoms with Gasteiger partial charge in [0.2, 0.25) is 0 Å². The van der Waals surface area contributed by atoms with Gasteiger partial charge in [-0.15, -0.1) is 0 Å². The van der Waals surface area contributed by atoms with Gasteiger partial charge in [0.05, 0.1) is 12.6 Å². The van der Waals surface area contributed by atoms with Crippen LogP contribution in [0.2, 0.25) is 0 Å². The summed E-state index contributed by atoms with van der Waals surface area (Å²) in [5.41, 5.74) is 3.81. The molecule has 132 valence electrons. The zero-order chi connectivity index (χ0) is 17.6. The number of aliphatic hydroxyl groups is 2. The molecule has 1 amide bonds. The van der Waals surface area contributed by atoms with E-state index in [0.29, 0.717) is 18.5 Å². The van der Waals surface area contributed by atoms with Crippen LogP contribution >= 0.6 is 0 Å². The highest BCUT2D eigenvalue weighted by atomic mass is 16.3. The van der Waals surface area contributed by atoms with Crippen LogP contribution < -0.4 is 0 Å². The molecule has 0 radical (unpaired) electrons. The molecule has 1 fully saturated rings. The number of piperidine rings is 1. The minimum Gasteiger partial charge on any atom is -0.396 e. The van der Waals surface area contributed by atoms with Gasteiger partial charge in [-0.1, -0.05) is 36.4 Å². The lowest BCUT2D eigenvalue weighted by molar-refractivity contribution is 0.0503. The molecule has 1 heterocycles. The summed E-state index contributed by atoms with van der Waals surface area (Å²) in [7, 11) is 0. The van der Waals surface area contributed by atoms with Crippen LogP contribution in [0.3, 0.4) is 0 Å². The van der Waals surface area contributed by atoms with Crippen LogP contribution in [0.4, 0.5) is 0 Å². The first-order chi connectivity index (χ1) is 12.2. The summed E-state index contributed by atoms with van der Waals surface area (Å²) in [5.74, 6) is -0.00231. The summed E-state index contributed by atoms with van der Waals surface area (Å²) in [5, 5.41) is 18.6. The maximum absolute atomic E-state index is 12.9. The van der Waals surface area contributed by atoms with E-state index < -0.39 is 0 Å². The van der Waals surface area contributed by atoms with Gasteiger partial charge in [-0.3, -0.25) is 4.79 Å². The predicted octanol–water partition coefficient (Wildman–Crippen LogP) is 2.88. The number of amides is 1. The fourth-order valence-corrected chi connectivity index (χ4v) is 3.45. The molecule has 0 bridgehead atoms. The van der Waals surface area contributed by atoms with Crippen LogP contribution in [0.1, 0.15) is 35.2 Å². The van der Waals surface area contributed by atoms with E-state index in [1.165, 1.54) is 0 Å². The molecule has 0 aliphatic carbocycles. The van der Waals surface area contributed by atoms with Gasteiger partial charge in [0.15, 0.2) is 0 Å². The SMILES string of the molecule is O=C(c1cccc(-c2ccc(CCO)cc2)c1)N1CCCC[C@H]1CO. The zero-order valence-electron chi connectivity index (χ0n) is 14.4. The fraction of sp³-hybridized carbons (Fsp3) is 0.381. The Hall–Kier alpha value is -2.17. The smallest absolute Gasteiger partial charge is 0.254 e. The lowest BCUT2D eigenvalue weighted by Crippen LogP contribution is -2.45. The molecule has 3 rings (SSSR count). The summed E-state index contributed by atoms with van der Waals surface area (Å²) in [6, 6.07) is 15.7. The van der Waals surface area contributed by atoms with Crippen molar-refractivity contribution in [3.63, 3.8) is 0 Å². The van der Waals surface area contributed by atoms with Crippen LogP contribution in [0, 0.1) is 0 Å². The molecular formula is C21H25NO3. The number of rotatable bonds is 5. The average Bonchev–Trinajstić information content (AvgIpc) is 2.68. The third-order valence-electron chi connectivity index (χ3n) is 4.90. The number of nitrogens with zero attached hydrogens (tertiary/aromatic N) is 1. The molecule has 1 saturated heterocycles. The molecule has 4 heteroatoms. The molecule has 0 unspecified atom stereocenters. The number of carbonyl (C=O) groups is 1. The Labute approximate surface area is 148 Å². The van der Waals surface area contributed by atoms with Crippen molar-refractivity contribution < 1.29 is 15.0 Å². The second kappa shape index (κ2) is 8.28. The van der Waals surface area contributed by atoms with E-state index in [9.17, 15) is 9.90 Å². The molecule has 25 heavy (non-hydrogen) atoms. The Morgan fingerprint density at radius 2 is 1.84 bits per heavy atom. The molecule has 1 atom stereocenters. The van der Waals surface area contributed by atoms with Gasteiger partial charge in [-0.05, 0) is 54.5 Å². The summed E-state index contributed by atoms with van der Waals surface area (Å²) >= 11 is 0. The first-order valence-electron chi connectivity index (χ1n) is 8.95. The molecule has 2 aromatic carbocycles. The summed E-state index contributed by atoms with van der Waals surface area (Å²) in [4.78, 5) is 14.7. The third-order valence-corrected chi connectivity index (χ3v) is 4.90. The van der Waals surface area contributed by atoms with Gasteiger partial charge in [0.1, 0.15) is 0 Å². The Kier molecular flexibility index (Phi) is 5.84. The quantitative estimate of drug-likeness (QED) is 0.880. The van der Waals surface area contributed by atoms with Gasteiger partial charge in [0, 0.05) is 18.7 Å². The molecule has 0 spiro atoms. The molecule has 0 aromatic heterocycles. The number of benzene rings is 2. The van der Waals surface area contributed by atoms with Gasteiger partial charge < -0.3 is 15.1 Å². The van der Waals surface area contributed by atoms with Crippen LogP contribution in [-0.2, 0) is 6.42 Å². The van der Waals surface area contributed by atoms with Crippen LogP contribution in [0.25, 0.3) is 11.1 Å². The standard InChI is InChI=1S/C21H25NO3/c23-13-11-16-7-9-17(10-8-16)18-4-3-5-19(14-18)21(25)22-12-2-1-6-20(22)15-24/h3-5,7-10,14,20,23-24H,1-2,6,11-13,15H2/t20-/m0/s1. The van der Waals surface area contributed by atoms with E-state index in [1.54, 1.807) is 0 Å². The third kappa shape index (κ3) is 4.09. The largest absolute Gasteiger partial charge is 0.396 e. The number of hydrogen-bond donors (Lipinski definition) is 2. The number of hydrogen-bond acceptors (Lipinski definition) is 3. The first kappa shape index (κ1) is 17.6. The molecule has 2 N–H and O–H groups in total. The number of likely N-dealkylation sites (tertiary alicyclic amines) is 1. The summed E-state index contributed by atoms with van der Waals surface area (Å²) in [6.07, 6.45) is 3.58. The highest BCUT2D eigenvalue weighted by Gasteiger charge is 2.26. The van der Waals surface area contributed by atoms with Crippen molar-refractivity contribution in [3.8, 4) is 11.1 Å². The molecule has 0 saturated carbocycles. The van der Waals surface area contributed by atoms with E-state index in [-0.39, 0.29) is 25.2 Å². The van der Waals surface area contributed by atoms with Crippen LogP contribution in [0.5, 0.6) is 0 Å². The highest BCUT2D eigenvalue weighted by molar-refractivity contribution is 5.95. The predicted molar refractivity (Wildman–Crippen MR) is 98.4 cm³/mol. The zero-order valence-corrected chi connectivity index (χ0v) is 14.4. The minimum atomic E-state index is -0.0670. The lowest BCUT2D eigenvalue weighted by Gasteiger charge is -2.34. The Morgan fingerprint density at radius 3 is 2.56 bits per heavy atom. The summed E-state index contributed by atoms with van der Waals surface area (Å²) in [6.45, 7) is 0.882. The van der Waals surface area contributed by atoms with Crippen molar-refractivity contribution in [2.24, 2.45) is 0 Å². The lowest BCUT2D eigenvalue weighted by atomic mass is 9.98. The maximum atomic E-state index is 12.9. The molecule has 1 aliphatic rings. The van der Waals surface area contributed by atoms with Crippen molar-refractivity contribution in [3.05, 3.63) is 59.7 Å². The van der Waals surface area contributed by atoms with Crippen molar-refractivity contribution >= 4 is 5.91 Å². The second-order valence-electron chi connectivity index (χ2n) is 6.58. The van der Waals surface area contributed by atoms with Gasteiger partial charge in [-0.25, -0.2) is 0 Å². The molecule has 2 aromatic rings. The van der Waals surface area contributed by atoms with E-state index in [4.69, 9.17) is 5.11 Å². The number of carbonyl (C=O) groups excluding carboxylic acids is 1.